The second-order valence-electron chi connectivity index (χ2n) is 9.02. The van der Waals surface area contributed by atoms with Gasteiger partial charge in [-0.3, -0.25) is 9.69 Å². The van der Waals surface area contributed by atoms with E-state index >= 15 is 0 Å². The number of likely N-dealkylation sites (tertiary alicyclic amines) is 1. The molecule has 1 saturated heterocycles. The number of alkyl halides is 3. The summed E-state index contributed by atoms with van der Waals surface area (Å²) in [6.45, 7) is 11.5. The molecule has 0 saturated carbocycles. The number of carboxylic acids is 1. The van der Waals surface area contributed by atoms with E-state index in [9.17, 15) is 18.0 Å². The number of halogens is 3. The normalized spacial score (nSPS) is 14.0. The van der Waals surface area contributed by atoms with Crippen LogP contribution in [-0.2, 0) is 11.3 Å². The van der Waals surface area contributed by atoms with Gasteiger partial charge in [0.15, 0.2) is 0 Å². The Hall–Kier alpha value is -3.33. The van der Waals surface area contributed by atoms with Gasteiger partial charge in [0, 0.05) is 23.1 Å². The van der Waals surface area contributed by atoms with Crippen LogP contribution in [0.25, 0.3) is 10.9 Å². The highest BCUT2D eigenvalue weighted by atomic mass is 19.4. The summed E-state index contributed by atoms with van der Waals surface area (Å²) in [7, 11) is 0. The molecule has 0 atom stereocenters. The minimum Gasteiger partial charge on any atom is -0.475 e. The summed E-state index contributed by atoms with van der Waals surface area (Å²) in [6, 6.07) is 10.7. The molecule has 1 fully saturated rings. The fraction of sp³-hybridized carbons (Fsp3) is 0.385. The number of carboxylic acid groups (broad SMARTS) is 1. The second kappa shape index (κ2) is 10.5. The van der Waals surface area contributed by atoms with Crippen molar-refractivity contribution in [2.24, 2.45) is 0 Å². The molecule has 1 aromatic heterocycles. The van der Waals surface area contributed by atoms with Gasteiger partial charge in [0.2, 0.25) is 0 Å². The molecule has 9 heteroatoms. The fourth-order valence-corrected chi connectivity index (χ4v) is 4.43. The molecular weight excluding hydrogens is 459 g/mol. The summed E-state index contributed by atoms with van der Waals surface area (Å²) in [4.78, 5) is 27.8. The lowest BCUT2D eigenvalue weighted by Crippen LogP contribution is -2.21. The van der Waals surface area contributed by atoms with Crippen LogP contribution in [0.5, 0.6) is 0 Å². The third-order valence-corrected chi connectivity index (χ3v) is 6.11. The van der Waals surface area contributed by atoms with Crippen molar-refractivity contribution in [3.8, 4) is 0 Å². The summed E-state index contributed by atoms with van der Waals surface area (Å²) >= 11 is 0. The highest BCUT2D eigenvalue weighted by Gasteiger charge is 2.38. The van der Waals surface area contributed by atoms with Crippen LogP contribution in [0.2, 0.25) is 0 Å². The van der Waals surface area contributed by atoms with Crippen molar-refractivity contribution >= 4 is 28.5 Å². The smallest absolute Gasteiger partial charge is 0.475 e. The molecule has 6 nitrogen and oxygen atoms in total. The van der Waals surface area contributed by atoms with Crippen molar-refractivity contribution in [2.75, 3.05) is 18.4 Å². The summed E-state index contributed by atoms with van der Waals surface area (Å²) in [5, 5.41) is 11.4. The van der Waals surface area contributed by atoms with Gasteiger partial charge in [-0.05, 0) is 93.6 Å². The number of anilines is 1. The van der Waals surface area contributed by atoms with E-state index in [1.165, 1.54) is 42.6 Å². The lowest BCUT2D eigenvalue weighted by molar-refractivity contribution is -0.192. The number of aryl methyl sites for hydroxylation is 4. The lowest BCUT2D eigenvalue weighted by atomic mass is 10.0. The van der Waals surface area contributed by atoms with Crippen LogP contribution in [-0.4, -0.2) is 46.1 Å². The van der Waals surface area contributed by atoms with Crippen molar-refractivity contribution in [3.05, 3.63) is 63.8 Å². The van der Waals surface area contributed by atoms with Gasteiger partial charge in [0.05, 0.1) is 0 Å². The van der Waals surface area contributed by atoms with E-state index in [1.54, 1.807) is 0 Å². The second-order valence-corrected chi connectivity index (χ2v) is 9.02. The SMILES string of the molecule is Cc1cc(C)c2c(C)c(C(=O)Nc3cc(CN4CCCC4)ccc3C)[nH]c2c1.O=C(O)C(F)(F)F. The zero-order valence-electron chi connectivity index (χ0n) is 20.3. The highest BCUT2D eigenvalue weighted by Crippen LogP contribution is 2.28. The van der Waals surface area contributed by atoms with Gasteiger partial charge < -0.3 is 15.4 Å². The first kappa shape index (κ1) is 26.3. The van der Waals surface area contributed by atoms with E-state index in [1.807, 2.05) is 13.8 Å². The molecule has 0 spiro atoms. The van der Waals surface area contributed by atoms with Crippen molar-refractivity contribution < 1.29 is 27.9 Å². The summed E-state index contributed by atoms with van der Waals surface area (Å²) in [5.41, 5.74) is 8.31. The first-order chi connectivity index (χ1) is 16.4. The maximum atomic E-state index is 13.1. The third kappa shape index (κ3) is 6.42. The van der Waals surface area contributed by atoms with E-state index < -0.39 is 12.1 Å². The minimum absolute atomic E-state index is 0.0767. The molecule has 1 aliphatic rings. The molecule has 2 heterocycles. The number of hydrogen-bond acceptors (Lipinski definition) is 3. The van der Waals surface area contributed by atoms with Gasteiger partial charge >= 0.3 is 12.1 Å². The molecule has 2 aromatic carbocycles. The Morgan fingerprint density at radius 2 is 1.66 bits per heavy atom. The molecular formula is C26H30F3N3O3. The Kier molecular flexibility index (Phi) is 7.90. The van der Waals surface area contributed by atoms with E-state index in [0.717, 1.165) is 34.3 Å². The standard InChI is InChI=1S/C24H29N3O.C2HF3O2/c1-15-11-17(3)22-18(4)23(25-21(22)12-15)24(28)26-20-13-19(8-7-16(20)2)14-27-9-5-6-10-27;3-2(4,5)1(6)7/h7-8,11-13,25H,5-6,9-10,14H2,1-4H3,(H,26,28);(H,6,7). The van der Waals surface area contributed by atoms with Crippen molar-refractivity contribution in [1.29, 1.82) is 0 Å². The van der Waals surface area contributed by atoms with Crippen LogP contribution in [0.3, 0.4) is 0 Å². The number of benzene rings is 2. The number of aromatic amines is 1. The molecule has 3 aromatic rings. The molecule has 3 N–H and O–H groups in total. The Morgan fingerprint density at radius 3 is 2.26 bits per heavy atom. The Labute approximate surface area is 202 Å². The summed E-state index contributed by atoms with van der Waals surface area (Å²) in [5.74, 6) is -2.83. The van der Waals surface area contributed by atoms with Gasteiger partial charge in [-0.25, -0.2) is 4.79 Å². The number of fused-ring (bicyclic) bond motifs is 1. The molecule has 0 aliphatic carbocycles. The van der Waals surface area contributed by atoms with Crippen LogP contribution in [0.4, 0.5) is 18.9 Å². The topological polar surface area (TPSA) is 85.4 Å². The number of aromatic nitrogens is 1. The number of aliphatic carboxylic acids is 1. The monoisotopic (exact) mass is 489 g/mol. The number of rotatable bonds is 4. The van der Waals surface area contributed by atoms with Gasteiger partial charge in [-0.15, -0.1) is 0 Å². The third-order valence-electron chi connectivity index (χ3n) is 6.11. The number of carbonyl (C=O) groups excluding carboxylic acids is 1. The lowest BCUT2D eigenvalue weighted by Gasteiger charge is -2.16. The van der Waals surface area contributed by atoms with Gasteiger partial charge in [0.25, 0.3) is 5.91 Å². The minimum atomic E-state index is -5.08. The molecule has 35 heavy (non-hydrogen) atoms. The van der Waals surface area contributed by atoms with E-state index in [-0.39, 0.29) is 5.91 Å². The quantitative estimate of drug-likeness (QED) is 0.427. The number of nitrogens with zero attached hydrogens (tertiary/aromatic N) is 1. The molecule has 0 unspecified atom stereocenters. The maximum Gasteiger partial charge on any atom is 0.490 e. The Morgan fingerprint density at radius 1 is 1.03 bits per heavy atom. The van der Waals surface area contributed by atoms with Crippen LogP contribution in [0, 0.1) is 27.7 Å². The Bertz CT molecular complexity index is 1240. The largest absolute Gasteiger partial charge is 0.490 e. The van der Waals surface area contributed by atoms with Crippen molar-refractivity contribution in [1.82, 2.24) is 9.88 Å². The number of H-pyrrole nitrogens is 1. The number of carbonyl (C=O) groups is 2. The summed E-state index contributed by atoms with van der Waals surface area (Å²) < 4.78 is 31.7. The molecule has 0 radical (unpaired) electrons. The van der Waals surface area contributed by atoms with Crippen molar-refractivity contribution in [2.45, 2.75) is 53.3 Å². The number of nitrogens with one attached hydrogen (secondary N) is 2. The predicted octanol–water partition coefficient (Wildman–Crippen LogP) is 5.88. The van der Waals surface area contributed by atoms with E-state index in [0.29, 0.717) is 5.69 Å². The van der Waals surface area contributed by atoms with E-state index in [2.05, 4.69) is 59.4 Å². The molecule has 188 valence electrons. The summed E-state index contributed by atoms with van der Waals surface area (Å²) in [6.07, 6.45) is -2.51. The molecule has 4 rings (SSSR count). The van der Waals surface area contributed by atoms with Gasteiger partial charge in [0.1, 0.15) is 5.69 Å². The molecule has 1 amide bonds. The van der Waals surface area contributed by atoms with Crippen LogP contribution < -0.4 is 5.32 Å². The van der Waals surface area contributed by atoms with Crippen LogP contribution >= 0.6 is 0 Å². The fourth-order valence-electron chi connectivity index (χ4n) is 4.43. The number of hydrogen-bond donors (Lipinski definition) is 3. The first-order valence-corrected chi connectivity index (χ1v) is 11.4. The molecule has 1 aliphatic heterocycles. The Balaban J connectivity index is 0.000000429. The average Bonchev–Trinajstić information content (AvgIpc) is 3.38. The highest BCUT2D eigenvalue weighted by molar-refractivity contribution is 6.08. The maximum absolute atomic E-state index is 13.1. The average molecular weight is 490 g/mol. The molecule has 0 bridgehead atoms. The van der Waals surface area contributed by atoms with Crippen LogP contribution in [0.15, 0.2) is 30.3 Å². The van der Waals surface area contributed by atoms with Gasteiger partial charge in [-0.2, -0.15) is 13.2 Å². The van der Waals surface area contributed by atoms with Gasteiger partial charge in [-0.1, -0.05) is 18.2 Å². The predicted molar refractivity (Wildman–Crippen MR) is 130 cm³/mol. The first-order valence-electron chi connectivity index (χ1n) is 11.4. The van der Waals surface area contributed by atoms with Crippen molar-refractivity contribution in [3.63, 3.8) is 0 Å². The zero-order valence-corrected chi connectivity index (χ0v) is 20.3. The number of amides is 1. The van der Waals surface area contributed by atoms with E-state index in [4.69, 9.17) is 9.90 Å². The zero-order chi connectivity index (χ0) is 25.9. The van der Waals surface area contributed by atoms with Crippen LogP contribution in [0.1, 0.15) is 51.1 Å².